The second kappa shape index (κ2) is 5.51. The van der Waals surface area contributed by atoms with Crippen LogP contribution in [0.1, 0.15) is 31.4 Å². The molecule has 1 heterocycles. The number of pyridine rings is 1. The van der Waals surface area contributed by atoms with E-state index in [9.17, 15) is 0 Å². The summed E-state index contributed by atoms with van der Waals surface area (Å²) in [5.74, 6) is 1.39. The minimum Gasteiger partial charge on any atom is -0.478 e. The summed E-state index contributed by atoms with van der Waals surface area (Å²) in [7, 11) is 0. The summed E-state index contributed by atoms with van der Waals surface area (Å²) < 4.78 is 5.53. The van der Waals surface area contributed by atoms with E-state index in [0.717, 1.165) is 12.3 Å². The monoisotopic (exact) mass is 241 g/mol. The Labute approximate surface area is 100 Å². The minimum absolute atomic E-state index is 0.154. The summed E-state index contributed by atoms with van der Waals surface area (Å²) in [6.07, 6.45) is 5.12. The molecule has 1 saturated carbocycles. The highest BCUT2D eigenvalue weighted by molar-refractivity contribution is 6.31. The van der Waals surface area contributed by atoms with Crippen LogP contribution in [0, 0.1) is 5.92 Å². The number of aromatic nitrogens is 1. The molecule has 0 aliphatic heterocycles. The summed E-state index contributed by atoms with van der Waals surface area (Å²) in [5.41, 5.74) is 0.475. The lowest BCUT2D eigenvalue weighted by atomic mass is 9.83. The molecule has 0 radical (unpaired) electrons. The maximum atomic E-state index is 9.00. The maximum Gasteiger partial charge on any atom is 0.213 e. The van der Waals surface area contributed by atoms with Crippen LogP contribution < -0.4 is 4.74 Å². The highest BCUT2D eigenvalue weighted by Crippen LogP contribution is 2.29. The highest BCUT2D eigenvalue weighted by Gasteiger charge is 2.17. The van der Waals surface area contributed by atoms with Crippen LogP contribution in [-0.2, 0) is 6.61 Å². The SMILES string of the molecule is OCc1nc(OCCC2CCC2)ccc1Cl. The number of hydrogen-bond acceptors (Lipinski definition) is 3. The molecule has 0 aromatic carbocycles. The van der Waals surface area contributed by atoms with Crippen molar-refractivity contribution < 1.29 is 9.84 Å². The van der Waals surface area contributed by atoms with Gasteiger partial charge in [0, 0.05) is 6.07 Å². The van der Waals surface area contributed by atoms with Crippen LogP contribution in [0.2, 0.25) is 5.02 Å². The van der Waals surface area contributed by atoms with Crippen LogP contribution in [0.5, 0.6) is 5.88 Å². The van der Waals surface area contributed by atoms with Crippen molar-refractivity contribution in [2.75, 3.05) is 6.61 Å². The summed E-state index contributed by atoms with van der Waals surface area (Å²) in [6, 6.07) is 3.45. The van der Waals surface area contributed by atoms with Crippen molar-refractivity contribution in [3.63, 3.8) is 0 Å². The number of rotatable bonds is 5. The van der Waals surface area contributed by atoms with Gasteiger partial charge in [0.05, 0.1) is 23.9 Å². The fourth-order valence-electron chi connectivity index (χ4n) is 1.77. The van der Waals surface area contributed by atoms with Crippen LogP contribution in [0.15, 0.2) is 12.1 Å². The number of nitrogens with zero attached hydrogens (tertiary/aromatic N) is 1. The van der Waals surface area contributed by atoms with Gasteiger partial charge in [0.1, 0.15) is 0 Å². The average molecular weight is 242 g/mol. The zero-order valence-corrected chi connectivity index (χ0v) is 9.91. The topological polar surface area (TPSA) is 42.4 Å². The Hall–Kier alpha value is -0.800. The van der Waals surface area contributed by atoms with Gasteiger partial charge in [-0.25, -0.2) is 4.98 Å². The van der Waals surface area contributed by atoms with Gasteiger partial charge in [-0.3, -0.25) is 0 Å². The largest absolute Gasteiger partial charge is 0.478 e. The van der Waals surface area contributed by atoms with Crippen LogP contribution in [0.25, 0.3) is 0 Å². The first kappa shape index (κ1) is 11.7. The number of ether oxygens (including phenoxy) is 1. The molecule has 0 amide bonds. The summed E-state index contributed by atoms with van der Waals surface area (Å²) in [5, 5.41) is 9.48. The number of halogens is 1. The normalized spacial score (nSPS) is 15.9. The molecule has 0 spiro atoms. The van der Waals surface area contributed by atoms with Crippen molar-refractivity contribution >= 4 is 11.6 Å². The standard InChI is InChI=1S/C12H16ClNO2/c13-10-4-5-12(14-11(10)8-15)16-7-6-9-2-1-3-9/h4-5,9,15H,1-3,6-8H2. The van der Waals surface area contributed by atoms with E-state index >= 15 is 0 Å². The van der Waals surface area contributed by atoms with E-state index in [1.54, 1.807) is 12.1 Å². The van der Waals surface area contributed by atoms with Gasteiger partial charge in [0.15, 0.2) is 0 Å². The average Bonchev–Trinajstić information content (AvgIpc) is 2.24. The lowest BCUT2D eigenvalue weighted by Crippen LogP contribution is -2.14. The van der Waals surface area contributed by atoms with Crippen molar-refractivity contribution in [3.8, 4) is 5.88 Å². The van der Waals surface area contributed by atoms with Gasteiger partial charge in [0.25, 0.3) is 0 Å². The Bertz CT molecular complexity index is 353. The van der Waals surface area contributed by atoms with Crippen LogP contribution >= 0.6 is 11.6 Å². The highest BCUT2D eigenvalue weighted by atomic mass is 35.5. The second-order valence-electron chi connectivity index (χ2n) is 4.17. The Morgan fingerprint density at radius 3 is 2.88 bits per heavy atom. The number of hydrogen-bond donors (Lipinski definition) is 1. The lowest BCUT2D eigenvalue weighted by molar-refractivity contribution is 0.215. The first-order valence-electron chi connectivity index (χ1n) is 5.68. The van der Waals surface area contributed by atoms with Gasteiger partial charge in [-0.1, -0.05) is 30.9 Å². The Kier molecular flexibility index (Phi) is 4.02. The van der Waals surface area contributed by atoms with Crippen LogP contribution in [0.4, 0.5) is 0 Å². The molecule has 1 N–H and O–H groups in total. The van der Waals surface area contributed by atoms with Crippen molar-refractivity contribution in [2.45, 2.75) is 32.3 Å². The molecular weight excluding hydrogens is 226 g/mol. The van der Waals surface area contributed by atoms with Gasteiger partial charge in [0.2, 0.25) is 5.88 Å². The molecule has 2 rings (SSSR count). The predicted octanol–water partition coefficient (Wildman–Crippen LogP) is 2.80. The first-order chi connectivity index (χ1) is 7.79. The molecule has 16 heavy (non-hydrogen) atoms. The Morgan fingerprint density at radius 1 is 1.44 bits per heavy atom. The van der Waals surface area contributed by atoms with Gasteiger partial charge >= 0.3 is 0 Å². The van der Waals surface area contributed by atoms with E-state index in [2.05, 4.69) is 4.98 Å². The molecule has 0 bridgehead atoms. The van der Waals surface area contributed by atoms with E-state index in [1.807, 2.05) is 0 Å². The first-order valence-corrected chi connectivity index (χ1v) is 6.06. The summed E-state index contributed by atoms with van der Waals surface area (Å²) >= 11 is 5.83. The van der Waals surface area contributed by atoms with Crippen LogP contribution in [-0.4, -0.2) is 16.7 Å². The Morgan fingerprint density at radius 2 is 2.25 bits per heavy atom. The maximum absolute atomic E-state index is 9.00. The van der Waals surface area contributed by atoms with Crippen molar-refractivity contribution in [1.82, 2.24) is 4.98 Å². The summed E-state index contributed by atoms with van der Waals surface area (Å²) in [6.45, 7) is 0.544. The molecule has 1 aromatic heterocycles. The van der Waals surface area contributed by atoms with E-state index in [0.29, 0.717) is 23.2 Å². The minimum atomic E-state index is -0.154. The van der Waals surface area contributed by atoms with E-state index < -0.39 is 0 Å². The molecule has 1 aliphatic rings. The van der Waals surface area contributed by atoms with Crippen molar-refractivity contribution in [3.05, 3.63) is 22.8 Å². The lowest BCUT2D eigenvalue weighted by Gasteiger charge is -2.24. The van der Waals surface area contributed by atoms with Gasteiger partial charge in [-0.05, 0) is 18.4 Å². The van der Waals surface area contributed by atoms with Crippen LogP contribution in [0.3, 0.4) is 0 Å². The van der Waals surface area contributed by atoms with Gasteiger partial charge < -0.3 is 9.84 Å². The van der Waals surface area contributed by atoms with Gasteiger partial charge in [-0.15, -0.1) is 0 Å². The third-order valence-electron chi connectivity index (χ3n) is 3.04. The quantitative estimate of drug-likeness (QED) is 0.862. The zero-order chi connectivity index (χ0) is 11.4. The number of aliphatic hydroxyl groups excluding tert-OH is 1. The van der Waals surface area contributed by atoms with Crippen molar-refractivity contribution in [1.29, 1.82) is 0 Å². The smallest absolute Gasteiger partial charge is 0.213 e. The molecule has 0 atom stereocenters. The van der Waals surface area contributed by atoms with E-state index in [-0.39, 0.29) is 6.61 Å². The molecule has 3 nitrogen and oxygen atoms in total. The molecule has 1 aliphatic carbocycles. The molecule has 4 heteroatoms. The molecule has 1 fully saturated rings. The fraction of sp³-hybridized carbons (Fsp3) is 0.583. The number of aliphatic hydroxyl groups is 1. The second-order valence-corrected chi connectivity index (χ2v) is 4.58. The van der Waals surface area contributed by atoms with Gasteiger partial charge in [-0.2, -0.15) is 0 Å². The molecule has 0 saturated heterocycles. The van der Waals surface area contributed by atoms with E-state index in [4.69, 9.17) is 21.4 Å². The third kappa shape index (κ3) is 2.86. The Balaban J connectivity index is 1.83. The molecular formula is C12H16ClNO2. The van der Waals surface area contributed by atoms with E-state index in [1.165, 1.54) is 19.3 Å². The molecule has 0 unspecified atom stereocenters. The fourth-order valence-corrected chi connectivity index (χ4v) is 1.93. The predicted molar refractivity (Wildman–Crippen MR) is 62.6 cm³/mol. The van der Waals surface area contributed by atoms with Crippen molar-refractivity contribution in [2.24, 2.45) is 5.92 Å². The molecule has 1 aromatic rings. The third-order valence-corrected chi connectivity index (χ3v) is 3.39. The molecule has 88 valence electrons. The zero-order valence-electron chi connectivity index (χ0n) is 9.16. The summed E-state index contributed by atoms with van der Waals surface area (Å²) in [4.78, 5) is 4.13.